The van der Waals surface area contributed by atoms with Gasteiger partial charge in [0.05, 0.1) is 40.2 Å². The zero-order chi connectivity index (χ0) is 22.5. The van der Waals surface area contributed by atoms with E-state index in [0.29, 0.717) is 52.7 Å². The lowest BCUT2D eigenvalue weighted by atomic mass is 10.1. The number of nitrogens with one attached hydrogen (secondary N) is 1. The highest BCUT2D eigenvalue weighted by Gasteiger charge is 2.23. The monoisotopic (exact) mass is 438 g/mol. The van der Waals surface area contributed by atoms with Gasteiger partial charge in [0.2, 0.25) is 5.89 Å². The Morgan fingerprint density at radius 2 is 1.75 bits per heavy atom. The highest BCUT2D eigenvalue weighted by molar-refractivity contribution is 5.99. The van der Waals surface area contributed by atoms with Gasteiger partial charge < -0.3 is 28.7 Å². The SMILES string of the molecule is COc1ccc(-c2nc(CNC(=O)c3c(OC)cccc3OC)co2)cc1OCC1CC1. The predicted molar refractivity (Wildman–Crippen MR) is 117 cm³/mol. The van der Waals surface area contributed by atoms with Gasteiger partial charge in [-0.15, -0.1) is 0 Å². The first-order valence-corrected chi connectivity index (χ1v) is 10.4. The van der Waals surface area contributed by atoms with Crippen molar-refractivity contribution in [3.8, 4) is 34.5 Å². The van der Waals surface area contributed by atoms with Gasteiger partial charge in [-0.1, -0.05) is 6.07 Å². The number of benzene rings is 2. The molecule has 0 bridgehead atoms. The van der Waals surface area contributed by atoms with Crippen molar-refractivity contribution in [3.05, 3.63) is 53.9 Å². The third kappa shape index (κ3) is 4.80. The van der Waals surface area contributed by atoms with E-state index in [1.54, 1.807) is 25.3 Å². The summed E-state index contributed by atoms with van der Waals surface area (Å²) in [4.78, 5) is 17.2. The molecule has 1 aromatic heterocycles. The summed E-state index contributed by atoms with van der Waals surface area (Å²) in [6.07, 6.45) is 3.93. The van der Waals surface area contributed by atoms with Crippen LogP contribution in [0, 0.1) is 5.92 Å². The molecule has 8 nitrogen and oxygen atoms in total. The van der Waals surface area contributed by atoms with Crippen LogP contribution >= 0.6 is 0 Å². The fourth-order valence-corrected chi connectivity index (χ4v) is 3.27. The molecule has 8 heteroatoms. The average molecular weight is 438 g/mol. The first-order valence-electron chi connectivity index (χ1n) is 10.4. The first kappa shape index (κ1) is 21.5. The molecule has 2 aromatic carbocycles. The molecule has 168 valence electrons. The normalized spacial score (nSPS) is 12.8. The largest absolute Gasteiger partial charge is 0.496 e. The Hall–Kier alpha value is -3.68. The number of amides is 1. The number of ether oxygens (including phenoxy) is 4. The van der Waals surface area contributed by atoms with Gasteiger partial charge in [0, 0.05) is 5.56 Å². The molecule has 1 aliphatic carbocycles. The smallest absolute Gasteiger partial charge is 0.259 e. The van der Waals surface area contributed by atoms with Gasteiger partial charge >= 0.3 is 0 Å². The predicted octanol–water partition coefficient (Wildman–Crippen LogP) is 4.09. The fourth-order valence-electron chi connectivity index (χ4n) is 3.27. The molecule has 1 aliphatic rings. The lowest BCUT2D eigenvalue weighted by Crippen LogP contribution is -2.24. The van der Waals surface area contributed by atoms with Crippen molar-refractivity contribution in [2.75, 3.05) is 27.9 Å². The van der Waals surface area contributed by atoms with Crippen LogP contribution in [0.25, 0.3) is 11.5 Å². The summed E-state index contributed by atoms with van der Waals surface area (Å²) in [6.45, 7) is 0.861. The summed E-state index contributed by atoms with van der Waals surface area (Å²) in [5.74, 6) is 2.92. The van der Waals surface area contributed by atoms with Crippen molar-refractivity contribution < 1.29 is 28.2 Å². The van der Waals surface area contributed by atoms with Crippen LogP contribution < -0.4 is 24.3 Å². The van der Waals surface area contributed by atoms with E-state index in [9.17, 15) is 4.79 Å². The van der Waals surface area contributed by atoms with Gasteiger partial charge in [0.25, 0.3) is 5.91 Å². The van der Waals surface area contributed by atoms with Crippen LogP contribution in [0.15, 0.2) is 47.1 Å². The van der Waals surface area contributed by atoms with E-state index in [1.807, 2.05) is 18.2 Å². The summed E-state index contributed by atoms with van der Waals surface area (Å²) in [5.41, 5.74) is 1.67. The molecule has 0 radical (unpaired) electrons. The summed E-state index contributed by atoms with van der Waals surface area (Å²) in [5, 5.41) is 2.83. The summed E-state index contributed by atoms with van der Waals surface area (Å²) >= 11 is 0. The Kier molecular flexibility index (Phi) is 6.49. The number of carbonyl (C=O) groups is 1. The molecular formula is C24H26N2O6. The standard InChI is InChI=1S/C24H26N2O6/c1-28-18-10-9-16(11-21(18)31-13-15-7-8-15)24-26-17(14-32-24)12-25-23(27)22-19(29-2)5-4-6-20(22)30-3/h4-6,9-11,14-15H,7-8,12-13H2,1-3H3,(H,25,27). The van der Waals surface area contributed by atoms with Crippen LogP contribution in [0.2, 0.25) is 0 Å². The van der Waals surface area contributed by atoms with Crippen LogP contribution in [0.3, 0.4) is 0 Å². The van der Waals surface area contributed by atoms with Crippen molar-refractivity contribution in [1.29, 1.82) is 0 Å². The van der Waals surface area contributed by atoms with Crippen LogP contribution in [-0.4, -0.2) is 38.8 Å². The molecule has 0 unspecified atom stereocenters. The minimum atomic E-state index is -0.330. The minimum Gasteiger partial charge on any atom is -0.496 e. The van der Waals surface area contributed by atoms with E-state index in [2.05, 4.69) is 10.3 Å². The maximum Gasteiger partial charge on any atom is 0.259 e. The molecule has 0 saturated heterocycles. The summed E-state index contributed by atoms with van der Waals surface area (Å²) in [7, 11) is 4.63. The number of carbonyl (C=O) groups excluding carboxylic acids is 1. The molecule has 3 aromatic rings. The number of aromatic nitrogens is 1. The highest BCUT2D eigenvalue weighted by Crippen LogP contribution is 2.35. The third-order valence-corrected chi connectivity index (χ3v) is 5.22. The second-order valence-electron chi connectivity index (χ2n) is 7.48. The van der Waals surface area contributed by atoms with Gasteiger partial charge in [0.1, 0.15) is 23.3 Å². The number of nitrogens with zero attached hydrogens (tertiary/aromatic N) is 1. The van der Waals surface area contributed by atoms with Crippen LogP contribution in [0.5, 0.6) is 23.0 Å². The van der Waals surface area contributed by atoms with E-state index < -0.39 is 0 Å². The van der Waals surface area contributed by atoms with Crippen LogP contribution in [-0.2, 0) is 6.54 Å². The van der Waals surface area contributed by atoms with Gasteiger partial charge in [-0.3, -0.25) is 4.79 Å². The highest BCUT2D eigenvalue weighted by atomic mass is 16.5. The first-order chi connectivity index (χ1) is 15.6. The minimum absolute atomic E-state index is 0.185. The number of hydrogen-bond acceptors (Lipinski definition) is 7. The average Bonchev–Trinajstić information content (AvgIpc) is 3.55. The molecule has 1 heterocycles. The molecular weight excluding hydrogens is 412 g/mol. The zero-order valence-corrected chi connectivity index (χ0v) is 18.3. The van der Waals surface area contributed by atoms with Gasteiger partial charge in [0.15, 0.2) is 11.5 Å². The van der Waals surface area contributed by atoms with Gasteiger partial charge in [-0.2, -0.15) is 0 Å². The molecule has 1 amide bonds. The Morgan fingerprint density at radius 3 is 2.41 bits per heavy atom. The lowest BCUT2D eigenvalue weighted by Gasteiger charge is -2.12. The molecule has 0 spiro atoms. The Balaban J connectivity index is 1.45. The van der Waals surface area contributed by atoms with Crippen molar-refractivity contribution in [2.24, 2.45) is 5.92 Å². The Bertz CT molecular complexity index is 1070. The van der Waals surface area contributed by atoms with Crippen LogP contribution in [0.4, 0.5) is 0 Å². The Morgan fingerprint density at radius 1 is 1.03 bits per heavy atom. The lowest BCUT2D eigenvalue weighted by molar-refractivity contribution is 0.0944. The number of methoxy groups -OCH3 is 3. The molecule has 32 heavy (non-hydrogen) atoms. The molecule has 0 aliphatic heterocycles. The van der Waals surface area contributed by atoms with E-state index in [1.165, 1.54) is 33.3 Å². The summed E-state index contributed by atoms with van der Waals surface area (Å²) < 4.78 is 27.5. The molecule has 1 N–H and O–H groups in total. The summed E-state index contributed by atoms with van der Waals surface area (Å²) in [6, 6.07) is 10.7. The second-order valence-corrected chi connectivity index (χ2v) is 7.48. The topological polar surface area (TPSA) is 92.1 Å². The molecule has 4 rings (SSSR count). The number of hydrogen-bond donors (Lipinski definition) is 1. The van der Waals surface area contributed by atoms with Crippen molar-refractivity contribution >= 4 is 5.91 Å². The van der Waals surface area contributed by atoms with Gasteiger partial charge in [-0.25, -0.2) is 4.98 Å². The number of oxazole rings is 1. The Labute approximate surface area is 186 Å². The third-order valence-electron chi connectivity index (χ3n) is 5.22. The fraction of sp³-hybridized carbons (Fsp3) is 0.333. The van der Waals surface area contributed by atoms with E-state index in [0.717, 1.165) is 5.56 Å². The maximum atomic E-state index is 12.7. The van der Waals surface area contributed by atoms with Gasteiger partial charge in [-0.05, 0) is 49.1 Å². The van der Waals surface area contributed by atoms with Crippen LogP contribution in [0.1, 0.15) is 28.9 Å². The molecule has 0 atom stereocenters. The van der Waals surface area contributed by atoms with E-state index in [4.69, 9.17) is 23.4 Å². The van der Waals surface area contributed by atoms with Crippen molar-refractivity contribution in [2.45, 2.75) is 19.4 Å². The van der Waals surface area contributed by atoms with E-state index in [-0.39, 0.29) is 12.5 Å². The molecule has 1 saturated carbocycles. The second kappa shape index (κ2) is 9.64. The van der Waals surface area contributed by atoms with Crippen molar-refractivity contribution in [1.82, 2.24) is 10.3 Å². The van der Waals surface area contributed by atoms with E-state index >= 15 is 0 Å². The van der Waals surface area contributed by atoms with Crippen molar-refractivity contribution in [3.63, 3.8) is 0 Å². The zero-order valence-electron chi connectivity index (χ0n) is 18.3. The number of rotatable bonds is 10. The maximum absolute atomic E-state index is 12.7. The molecule has 1 fully saturated rings. The quantitative estimate of drug-likeness (QED) is 0.510.